The van der Waals surface area contributed by atoms with Crippen molar-refractivity contribution in [1.82, 2.24) is 14.8 Å². The van der Waals surface area contributed by atoms with E-state index < -0.39 is 0 Å². The highest BCUT2D eigenvalue weighted by molar-refractivity contribution is 5.46. The Morgan fingerprint density at radius 2 is 2.07 bits per heavy atom. The predicted molar refractivity (Wildman–Crippen MR) is 55.1 cm³/mol. The summed E-state index contributed by atoms with van der Waals surface area (Å²) in [5, 5.41) is 4.22. The largest absolute Gasteiger partial charge is 0.383 e. The van der Waals surface area contributed by atoms with Crippen LogP contribution in [-0.4, -0.2) is 14.8 Å². The molecule has 0 saturated heterocycles. The van der Waals surface area contributed by atoms with Crippen molar-refractivity contribution in [3.8, 4) is 5.69 Å². The molecule has 0 aromatic carbocycles. The molecule has 0 atom stereocenters. The van der Waals surface area contributed by atoms with E-state index in [0.717, 1.165) is 17.7 Å². The number of anilines is 1. The van der Waals surface area contributed by atoms with E-state index in [1.54, 1.807) is 23.3 Å². The van der Waals surface area contributed by atoms with Crippen molar-refractivity contribution >= 4 is 5.82 Å². The second-order valence-electron chi connectivity index (χ2n) is 3.03. The summed E-state index contributed by atoms with van der Waals surface area (Å²) in [5.41, 5.74) is 7.94. The van der Waals surface area contributed by atoms with Crippen LogP contribution in [0.2, 0.25) is 0 Å². The molecule has 0 unspecified atom stereocenters. The molecule has 0 amide bonds. The third-order valence-corrected chi connectivity index (χ3v) is 2.17. The molecule has 0 saturated carbocycles. The van der Waals surface area contributed by atoms with Crippen molar-refractivity contribution in [2.45, 2.75) is 13.3 Å². The Labute approximate surface area is 82.4 Å². The van der Waals surface area contributed by atoms with Crippen molar-refractivity contribution in [2.24, 2.45) is 0 Å². The predicted octanol–water partition coefficient (Wildman–Crippen LogP) is 1.41. The van der Waals surface area contributed by atoms with Gasteiger partial charge >= 0.3 is 0 Å². The summed E-state index contributed by atoms with van der Waals surface area (Å²) in [7, 11) is 0. The van der Waals surface area contributed by atoms with Crippen molar-refractivity contribution in [3.63, 3.8) is 0 Å². The maximum absolute atomic E-state index is 5.93. The molecule has 2 heterocycles. The highest BCUT2D eigenvalue weighted by Crippen LogP contribution is 2.16. The van der Waals surface area contributed by atoms with E-state index in [-0.39, 0.29) is 0 Å². The minimum absolute atomic E-state index is 0.707. The number of pyridine rings is 1. The average molecular weight is 188 g/mol. The normalized spacial score (nSPS) is 10.4. The molecule has 4 heteroatoms. The SMILES string of the molecule is CCc1cnn(-c2ccncc2)c1N. The fourth-order valence-electron chi connectivity index (χ4n) is 1.36. The second kappa shape index (κ2) is 3.49. The monoisotopic (exact) mass is 188 g/mol. The van der Waals surface area contributed by atoms with Crippen molar-refractivity contribution in [2.75, 3.05) is 5.73 Å². The van der Waals surface area contributed by atoms with Crippen LogP contribution >= 0.6 is 0 Å². The van der Waals surface area contributed by atoms with Gasteiger partial charge in [0.25, 0.3) is 0 Å². The first kappa shape index (κ1) is 8.74. The molecule has 14 heavy (non-hydrogen) atoms. The van der Waals surface area contributed by atoms with Crippen molar-refractivity contribution in [3.05, 3.63) is 36.3 Å². The standard InChI is InChI=1S/C10H12N4/c1-2-8-7-13-14(10(8)11)9-3-5-12-6-4-9/h3-7H,2,11H2,1H3. The zero-order valence-electron chi connectivity index (χ0n) is 8.01. The number of aromatic nitrogens is 3. The van der Waals surface area contributed by atoms with Gasteiger partial charge in [0.15, 0.2) is 0 Å². The topological polar surface area (TPSA) is 56.7 Å². The van der Waals surface area contributed by atoms with Crippen molar-refractivity contribution in [1.29, 1.82) is 0 Å². The highest BCUT2D eigenvalue weighted by Gasteiger charge is 2.06. The molecule has 2 aromatic heterocycles. The molecule has 2 rings (SSSR count). The van der Waals surface area contributed by atoms with E-state index in [1.165, 1.54) is 0 Å². The third-order valence-electron chi connectivity index (χ3n) is 2.17. The molecule has 0 aliphatic heterocycles. The Bertz CT molecular complexity index is 419. The summed E-state index contributed by atoms with van der Waals surface area (Å²) in [6.45, 7) is 2.06. The van der Waals surface area contributed by atoms with Crippen LogP contribution in [0.4, 0.5) is 5.82 Å². The number of nitrogens with zero attached hydrogens (tertiary/aromatic N) is 3. The highest BCUT2D eigenvalue weighted by atomic mass is 15.3. The summed E-state index contributed by atoms with van der Waals surface area (Å²) >= 11 is 0. The average Bonchev–Trinajstić information content (AvgIpc) is 2.61. The third kappa shape index (κ3) is 1.35. The first-order chi connectivity index (χ1) is 6.83. The van der Waals surface area contributed by atoms with Crippen LogP contribution in [0.1, 0.15) is 12.5 Å². The van der Waals surface area contributed by atoms with E-state index in [0.29, 0.717) is 5.82 Å². The van der Waals surface area contributed by atoms with Crippen LogP contribution in [0, 0.1) is 0 Å². The van der Waals surface area contributed by atoms with E-state index in [4.69, 9.17) is 5.73 Å². The number of nitrogens with two attached hydrogens (primary N) is 1. The Balaban J connectivity index is 2.48. The maximum Gasteiger partial charge on any atom is 0.130 e. The summed E-state index contributed by atoms with van der Waals surface area (Å²) in [6, 6.07) is 3.76. The Hall–Kier alpha value is -1.84. The van der Waals surface area contributed by atoms with Gasteiger partial charge in [0.2, 0.25) is 0 Å². The number of hydrogen-bond donors (Lipinski definition) is 1. The van der Waals surface area contributed by atoms with Gasteiger partial charge < -0.3 is 5.73 Å². The van der Waals surface area contributed by atoms with Crippen LogP contribution in [-0.2, 0) is 6.42 Å². The molecular formula is C10H12N4. The Kier molecular flexibility index (Phi) is 2.18. The number of aryl methyl sites for hydroxylation is 1. The summed E-state index contributed by atoms with van der Waals surface area (Å²) in [6.07, 6.45) is 6.15. The minimum atomic E-state index is 0.707. The van der Waals surface area contributed by atoms with Gasteiger partial charge in [-0.1, -0.05) is 6.92 Å². The molecule has 0 spiro atoms. The fourth-order valence-corrected chi connectivity index (χ4v) is 1.36. The lowest BCUT2D eigenvalue weighted by atomic mass is 10.2. The lowest BCUT2D eigenvalue weighted by Gasteiger charge is -2.03. The molecular weight excluding hydrogens is 176 g/mol. The van der Waals surface area contributed by atoms with E-state index in [2.05, 4.69) is 17.0 Å². The minimum Gasteiger partial charge on any atom is -0.383 e. The number of nitrogen functional groups attached to an aromatic ring is 1. The van der Waals surface area contributed by atoms with Gasteiger partial charge in [-0.05, 0) is 18.6 Å². The Morgan fingerprint density at radius 1 is 1.36 bits per heavy atom. The molecule has 0 aliphatic carbocycles. The summed E-state index contributed by atoms with van der Waals surface area (Å²) in [4.78, 5) is 3.95. The Morgan fingerprint density at radius 3 is 2.64 bits per heavy atom. The number of hydrogen-bond acceptors (Lipinski definition) is 3. The van der Waals surface area contributed by atoms with E-state index in [9.17, 15) is 0 Å². The lowest BCUT2D eigenvalue weighted by Crippen LogP contribution is -2.02. The quantitative estimate of drug-likeness (QED) is 0.775. The van der Waals surface area contributed by atoms with E-state index >= 15 is 0 Å². The molecule has 72 valence electrons. The lowest BCUT2D eigenvalue weighted by molar-refractivity contribution is 0.888. The van der Waals surface area contributed by atoms with Gasteiger partial charge in [-0.15, -0.1) is 0 Å². The van der Waals surface area contributed by atoms with Gasteiger partial charge in [-0.3, -0.25) is 4.98 Å². The van der Waals surface area contributed by atoms with Crippen LogP contribution in [0.3, 0.4) is 0 Å². The molecule has 4 nitrogen and oxygen atoms in total. The van der Waals surface area contributed by atoms with Crippen LogP contribution < -0.4 is 5.73 Å². The molecule has 0 bridgehead atoms. The van der Waals surface area contributed by atoms with Gasteiger partial charge in [0.1, 0.15) is 5.82 Å². The molecule has 2 N–H and O–H groups in total. The molecule has 0 fully saturated rings. The van der Waals surface area contributed by atoms with Crippen molar-refractivity contribution < 1.29 is 0 Å². The van der Waals surface area contributed by atoms with Gasteiger partial charge in [0, 0.05) is 18.0 Å². The maximum atomic E-state index is 5.93. The van der Waals surface area contributed by atoms with E-state index in [1.807, 2.05) is 12.1 Å². The number of rotatable bonds is 2. The smallest absolute Gasteiger partial charge is 0.130 e. The zero-order chi connectivity index (χ0) is 9.97. The molecule has 2 aromatic rings. The van der Waals surface area contributed by atoms with Gasteiger partial charge in [-0.2, -0.15) is 5.10 Å². The summed E-state index contributed by atoms with van der Waals surface area (Å²) in [5.74, 6) is 0.707. The zero-order valence-corrected chi connectivity index (χ0v) is 8.01. The second-order valence-corrected chi connectivity index (χ2v) is 3.03. The van der Waals surface area contributed by atoms with Crippen LogP contribution in [0.15, 0.2) is 30.7 Å². The fraction of sp³-hybridized carbons (Fsp3) is 0.200. The molecule has 0 radical (unpaired) electrons. The van der Waals surface area contributed by atoms with Crippen LogP contribution in [0.25, 0.3) is 5.69 Å². The summed E-state index contributed by atoms with van der Waals surface area (Å²) < 4.78 is 1.72. The first-order valence-electron chi connectivity index (χ1n) is 4.55. The van der Waals surface area contributed by atoms with Gasteiger partial charge in [-0.25, -0.2) is 4.68 Å². The molecule has 0 aliphatic rings. The first-order valence-corrected chi connectivity index (χ1v) is 4.55. The van der Waals surface area contributed by atoms with Gasteiger partial charge in [0.05, 0.1) is 11.9 Å². The van der Waals surface area contributed by atoms with Crippen LogP contribution in [0.5, 0.6) is 0 Å².